The molecule has 174 valence electrons. The van der Waals surface area contributed by atoms with Gasteiger partial charge in [-0.3, -0.25) is 9.48 Å². The van der Waals surface area contributed by atoms with Crippen molar-refractivity contribution < 1.29 is 4.79 Å². The van der Waals surface area contributed by atoms with Crippen LogP contribution in [0.25, 0.3) is 22.4 Å². The second-order valence-electron chi connectivity index (χ2n) is 9.21. The van der Waals surface area contributed by atoms with Gasteiger partial charge in [0.2, 0.25) is 11.9 Å². The molecule has 0 radical (unpaired) electrons. The van der Waals surface area contributed by atoms with Gasteiger partial charge < -0.3 is 15.2 Å². The second kappa shape index (κ2) is 8.40. The fourth-order valence-electron chi connectivity index (χ4n) is 4.32. The van der Waals surface area contributed by atoms with Crippen LogP contribution in [0.15, 0.2) is 61.6 Å². The number of rotatable bonds is 7. The van der Waals surface area contributed by atoms with Gasteiger partial charge in [0.05, 0.1) is 23.8 Å². The summed E-state index contributed by atoms with van der Waals surface area (Å²) in [6, 6.07) is 8.56. The van der Waals surface area contributed by atoms with E-state index in [-0.39, 0.29) is 23.9 Å². The summed E-state index contributed by atoms with van der Waals surface area (Å²) in [6.45, 7) is 2.48. The molecule has 1 atom stereocenters. The molecule has 1 aliphatic carbocycles. The smallest absolute Gasteiger partial charge is 0.243 e. The fourth-order valence-corrected chi connectivity index (χ4v) is 4.32. The topological polar surface area (TPSA) is 108 Å². The van der Waals surface area contributed by atoms with Gasteiger partial charge in [0.1, 0.15) is 6.54 Å². The summed E-state index contributed by atoms with van der Waals surface area (Å²) in [5.74, 6) is 0.809. The Morgan fingerprint density at radius 2 is 1.74 bits per heavy atom. The van der Waals surface area contributed by atoms with Crippen molar-refractivity contribution in [3.63, 3.8) is 0 Å². The van der Waals surface area contributed by atoms with Gasteiger partial charge in [0, 0.05) is 50.0 Å². The zero-order valence-corrected chi connectivity index (χ0v) is 19.6. The molecule has 4 aromatic rings. The molecule has 3 heterocycles. The third-order valence-electron chi connectivity index (χ3n) is 6.69. The third-order valence-corrected chi connectivity index (χ3v) is 6.69. The van der Waals surface area contributed by atoms with Crippen LogP contribution in [0.3, 0.4) is 0 Å². The van der Waals surface area contributed by atoms with Gasteiger partial charge in [-0.05, 0) is 36.8 Å². The first kappa shape index (κ1) is 21.8. The SMILES string of the molecule is CN(C)C(=O)Cn1cc(-c2cn([C@](C)(c3ccc(-c4cnc(N)nc4)cc3)C3CC3)cn2)cn1. The third kappa shape index (κ3) is 4.05. The Hall–Kier alpha value is -4.01. The number of hydrogen-bond acceptors (Lipinski definition) is 6. The van der Waals surface area contributed by atoms with Crippen LogP contribution in [0, 0.1) is 5.92 Å². The molecule has 3 aromatic heterocycles. The minimum Gasteiger partial charge on any atom is -0.368 e. The van der Waals surface area contributed by atoms with E-state index in [4.69, 9.17) is 5.73 Å². The Balaban J connectivity index is 1.41. The van der Waals surface area contributed by atoms with Crippen molar-refractivity contribution in [2.75, 3.05) is 19.8 Å². The first-order valence-corrected chi connectivity index (χ1v) is 11.3. The van der Waals surface area contributed by atoms with Crippen molar-refractivity contribution >= 4 is 11.9 Å². The Morgan fingerprint density at radius 1 is 1.03 bits per heavy atom. The molecule has 1 fully saturated rings. The zero-order chi connectivity index (χ0) is 23.9. The van der Waals surface area contributed by atoms with Crippen LogP contribution in [0.5, 0.6) is 0 Å². The van der Waals surface area contributed by atoms with Gasteiger partial charge in [0.15, 0.2) is 0 Å². The largest absolute Gasteiger partial charge is 0.368 e. The molecule has 9 heteroatoms. The van der Waals surface area contributed by atoms with Gasteiger partial charge in [0.25, 0.3) is 0 Å². The first-order valence-electron chi connectivity index (χ1n) is 11.3. The molecule has 1 aliphatic rings. The Kier molecular flexibility index (Phi) is 5.39. The minimum atomic E-state index is -0.210. The van der Waals surface area contributed by atoms with E-state index in [9.17, 15) is 4.79 Å². The number of likely N-dealkylation sites (N-methyl/N-ethyl adjacent to an activating group) is 1. The van der Waals surface area contributed by atoms with Crippen molar-refractivity contribution in [3.8, 4) is 22.4 Å². The van der Waals surface area contributed by atoms with Crippen molar-refractivity contribution in [3.05, 3.63) is 67.1 Å². The lowest BCUT2D eigenvalue weighted by Crippen LogP contribution is -2.33. The number of hydrogen-bond donors (Lipinski definition) is 1. The zero-order valence-electron chi connectivity index (χ0n) is 19.6. The maximum atomic E-state index is 12.0. The lowest BCUT2D eigenvalue weighted by molar-refractivity contribution is -0.129. The number of carbonyl (C=O) groups is 1. The summed E-state index contributed by atoms with van der Waals surface area (Å²) < 4.78 is 3.86. The molecule has 1 saturated carbocycles. The van der Waals surface area contributed by atoms with Crippen LogP contribution in [0.2, 0.25) is 0 Å². The van der Waals surface area contributed by atoms with Gasteiger partial charge in [-0.2, -0.15) is 5.10 Å². The van der Waals surface area contributed by atoms with E-state index >= 15 is 0 Å². The first-order chi connectivity index (χ1) is 16.3. The van der Waals surface area contributed by atoms with E-state index in [2.05, 4.69) is 62.0 Å². The number of anilines is 1. The molecule has 0 aliphatic heterocycles. The van der Waals surface area contributed by atoms with Crippen molar-refractivity contribution in [1.82, 2.24) is 34.2 Å². The molecule has 5 rings (SSSR count). The van der Waals surface area contributed by atoms with E-state index in [1.807, 2.05) is 12.5 Å². The monoisotopic (exact) mass is 456 g/mol. The lowest BCUT2D eigenvalue weighted by atomic mass is 9.86. The van der Waals surface area contributed by atoms with Crippen LogP contribution in [0.1, 0.15) is 25.3 Å². The van der Waals surface area contributed by atoms with E-state index in [1.165, 1.54) is 18.4 Å². The van der Waals surface area contributed by atoms with E-state index in [0.29, 0.717) is 5.92 Å². The van der Waals surface area contributed by atoms with E-state index in [1.54, 1.807) is 42.3 Å². The summed E-state index contributed by atoms with van der Waals surface area (Å²) in [6.07, 6.45) is 13.5. The summed E-state index contributed by atoms with van der Waals surface area (Å²) in [5.41, 5.74) is 10.3. The second-order valence-corrected chi connectivity index (χ2v) is 9.21. The standard InChI is InChI=1S/C25H28N8O/c1-25(21-8-9-21,20-6-4-17(5-7-20)18-10-27-24(26)28-11-18)32-14-22(29-16-32)19-12-30-33(13-19)15-23(34)31(2)3/h4-7,10-14,16,21H,8-9,15H2,1-3H3,(H2,26,27,28)/t25-/m1/s1. The van der Waals surface area contributed by atoms with Crippen LogP contribution in [-0.2, 0) is 16.9 Å². The number of carbonyl (C=O) groups excluding carboxylic acids is 1. The predicted octanol–water partition coefficient (Wildman–Crippen LogP) is 3.05. The average Bonchev–Trinajstić information content (AvgIpc) is 3.39. The molecular weight excluding hydrogens is 428 g/mol. The number of nitrogens with zero attached hydrogens (tertiary/aromatic N) is 7. The number of nitrogen functional groups attached to an aromatic ring is 1. The van der Waals surface area contributed by atoms with E-state index < -0.39 is 0 Å². The number of benzene rings is 1. The number of amides is 1. The Labute approximate surface area is 198 Å². The number of aromatic nitrogens is 6. The quantitative estimate of drug-likeness (QED) is 0.458. The number of nitrogens with two attached hydrogens (primary N) is 1. The molecule has 34 heavy (non-hydrogen) atoms. The fraction of sp³-hybridized carbons (Fsp3) is 0.320. The molecule has 0 bridgehead atoms. The highest BCUT2D eigenvalue weighted by atomic mass is 16.2. The molecule has 2 N–H and O–H groups in total. The highest BCUT2D eigenvalue weighted by Gasteiger charge is 2.44. The normalized spacial score (nSPS) is 15.1. The van der Waals surface area contributed by atoms with Crippen LogP contribution < -0.4 is 5.73 Å². The molecule has 0 spiro atoms. The highest BCUT2D eigenvalue weighted by molar-refractivity contribution is 5.75. The van der Waals surface area contributed by atoms with Gasteiger partial charge in [-0.1, -0.05) is 24.3 Å². The van der Waals surface area contributed by atoms with Crippen molar-refractivity contribution in [2.45, 2.75) is 31.8 Å². The van der Waals surface area contributed by atoms with Gasteiger partial charge in [-0.15, -0.1) is 0 Å². The van der Waals surface area contributed by atoms with Crippen LogP contribution in [-0.4, -0.2) is 54.2 Å². The average molecular weight is 457 g/mol. The minimum absolute atomic E-state index is 0.00420. The lowest BCUT2D eigenvalue weighted by Gasteiger charge is -2.32. The Morgan fingerprint density at radius 3 is 2.38 bits per heavy atom. The molecule has 1 amide bonds. The molecule has 1 aromatic carbocycles. The van der Waals surface area contributed by atoms with E-state index in [0.717, 1.165) is 22.4 Å². The Bertz CT molecular complexity index is 1300. The molecular formula is C25H28N8O. The van der Waals surface area contributed by atoms with Crippen LogP contribution >= 0.6 is 0 Å². The van der Waals surface area contributed by atoms with Crippen LogP contribution in [0.4, 0.5) is 5.95 Å². The highest BCUT2D eigenvalue weighted by Crippen LogP contribution is 2.48. The molecule has 0 unspecified atom stereocenters. The summed E-state index contributed by atoms with van der Waals surface area (Å²) in [4.78, 5) is 26.4. The molecule has 0 saturated heterocycles. The summed E-state index contributed by atoms with van der Waals surface area (Å²) in [5, 5.41) is 4.34. The van der Waals surface area contributed by atoms with Crippen molar-refractivity contribution in [1.29, 1.82) is 0 Å². The summed E-state index contributed by atoms with van der Waals surface area (Å²) >= 11 is 0. The maximum absolute atomic E-state index is 12.0. The van der Waals surface area contributed by atoms with Gasteiger partial charge >= 0.3 is 0 Å². The predicted molar refractivity (Wildman–Crippen MR) is 129 cm³/mol. The maximum Gasteiger partial charge on any atom is 0.243 e. The number of imidazole rings is 1. The summed E-state index contributed by atoms with van der Waals surface area (Å²) in [7, 11) is 3.48. The van der Waals surface area contributed by atoms with Gasteiger partial charge in [-0.25, -0.2) is 15.0 Å². The van der Waals surface area contributed by atoms with Crippen molar-refractivity contribution in [2.24, 2.45) is 5.92 Å². The molecule has 9 nitrogen and oxygen atoms in total.